The van der Waals surface area contributed by atoms with Gasteiger partial charge in [0.05, 0.1) is 12.2 Å². The predicted molar refractivity (Wildman–Crippen MR) is 102 cm³/mol. The summed E-state index contributed by atoms with van der Waals surface area (Å²) in [5, 5.41) is 6.68. The van der Waals surface area contributed by atoms with Gasteiger partial charge in [-0.25, -0.2) is 0 Å². The lowest BCUT2D eigenvalue weighted by molar-refractivity contribution is 0.251. The third kappa shape index (κ3) is 5.29. The SMILES string of the molecule is CN=C(NCCCN1CCc2ccccc2C1)NCc1ccccn1. The van der Waals surface area contributed by atoms with Crippen molar-refractivity contribution in [1.82, 2.24) is 20.5 Å². The summed E-state index contributed by atoms with van der Waals surface area (Å²) in [4.78, 5) is 11.1. The number of aromatic nitrogens is 1. The Hall–Kier alpha value is -2.40. The standard InChI is InChI=1S/C20H27N5/c1-21-20(24-15-19-9-4-5-11-22-19)23-12-6-13-25-14-10-17-7-2-3-8-18(17)16-25/h2-5,7-9,11H,6,10,12-16H2,1H3,(H2,21,23,24). The van der Waals surface area contributed by atoms with Crippen LogP contribution in [0.15, 0.2) is 53.7 Å². The summed E-state index contributed by atoms with van der Waals surface area (Å²) in [5.41, 5.74) is 4.00. The fraction of sp³-hybridized carbons (Fsp3) is 0.400. The molecule has 0 saturated heterocycles. The zero-order chi connectivity index (χ0) is 17.3. The number of guanidine groups is 1. The van der Waals surface area contributed by atoms with E-state index in [9.17, 15) is 0 Å². The van der Waals surface area contributed by atoms with E-state index in [-0.39, 0.29) is 0 Å². The second kappa shape index (κ2) is 9.18. The molecule has 2 N–H and O–H groups in total. The number of fused-ring (bicyclic) bond motifs is 1. The zero-order valence-electron chi connectivity index (χ0n) is 14.9. The molecule has 0 radical (unpaired) electrons. The van der Waals surface area contributed by atoms with Gasteiger partial charge in [-0.1, -0.05) is 30.3 Å². The van der Waals surface area contributed by atoms with Crippen molar-refractivity contribution in [3.8, 4) is 0 Å². The van der Waals surface area contributed by atoms with E-state index in [0.717, 1.165) is 50.7 Å². The number of nitrogens with zero attached hydrogens (tertiary/aromatic N) is 3. The minimum Gasteiger partial charge on any atom is -0.356 e. The van der Waals surface area contributed by atoms with Crippen LogP contribution in [0.25, 0.3) is 0 Å². The first-order valence-electron chi connectivity index (χ1n) is 8.99. The number of rotatable bonds is 6. The van der Waals surface area contributed by atoms with E-state index in [1.165, 1.54) is 11.1 Å². The molecule has 3 rings (SSSR count). The normalized spacial score (nSPS) is 14.8. The lowest BCUT2D eigenvalue weighted by Crippen LogP contribution is -2.39. The van der Waals surface area contributed by atoms with E-state index in [1.54, 1.807) is 7.05 Å². The summed E-state index contributed by atoms with van der Waals surface area (Å²) >= 11 is 0. The van der Waals surface area contributed by atoms with E-state index < -0.39 is 0 Å². The number of hydrogen-bond acceptors (Lipinski definition) is 3. The molecule has 0 saturated carbocycles. The summed E-state index contributed by atoms with van der Waals surface area (Å²) in [7, 11) is 1.80. The van der Waals surface area contributed by atoms with Crippen LogP contribution >= 0.6 is 0 Å². The quantitative estimate of drug-likeness (QED) is 0.482. The molecule has 2 heterocycles. The molecule has 1 aromatic heterocycles. The van der Waals surface area contributed by atoms with Crippen molar-refractivity contribution in [2.24, 2.45) is 4.99 Å². The fourth-order valence-electron chi connectivity index (χ4n) is 3.15. The van der Waals surface area contributed by atoms with Gasteiger partial charge in [0.2, 0.25) is 0 Å². The molecule has 0 fully saturated rings. The van der Waals surface area contributed by atoms with E-state index in [1.807, 2.05) is 24.4 Å². The van der Waals surface area contributed by atoms with E-state index in [0.29, 0.717) is 6.54 Å². The minimum atomic E-state index is 0.684. The maximum atomic E-state index is 4.31. The van der Waals surface area contributed by atoms with Gasteiger partial charge in [0.25, 0.3) is 0 Å². The van der Waals surface area contributed by atoms with E-state index in [4.69, 9.17) is 0 Å². The highest BCUT2D eigenvalue weighted by Gasteiger charge is 2.14. The summed E-state index contributed by atoms with van der Waals surface area (Å²) in [6, 6.07) is 14.7. The number of nitrogens with one attached hydrogen (secondary N) is 2. The van der Waals surface area contributed by atoms with Crippen molar-refractivity contribution < 1.29 is 0 Å². The molecule has 2 aromatic rings. The van der Waals surface area contributed by atoms with Gasteiger partial charge in [0.15, 0.2) is 5.96 Å². The van der Waals surface area contributed by atoms with Gasteiger partial charge in [-0.2, -0.15) is 0 Å². The zero-order valence-corrected chi connectivity index (χ0v) is 14.9. The summed E-state index contributed by atoms with van der Waals surface area (Å²) < 4.78 is 0. The molecule has 0 amide bonds. The van der Waals surface area contributed by atoms with Crippen LogP contribution < -0.4 is 10.6 Å². The van der Waals surface area contributed by atoms with Crippen molar-refractivity contribution in [2.75, 3.05) is 26.7 Å². The average Bonchev–Trinajstić information content (AvgIpc) is 2.68. The second-order valence-corrected chi connectivity index (χ2v) is 6.32. The molecule has 0 aliphatic carbocycles. The highest BCUT2D eigenvalue weighted by Crippen LogP contribution is 2.18. The molecule has 1 aromatic carbocycles. The molecule has 0 spiro atoms. The Morgan fingerprint density at radius 3 is 2.76 bits per heavy atom. The summed E-state index contributed by atoms with van der Waals surface area (Å²) in [6.07, 6.45) is 4.08. The van der Waals surface area contributed by atoms with E-state index in [2.05, 4.69) is 49.8 Å². The maximum Gasteiger partial charge on any atom is 0.191 e. The topological polar surface area (TPSA) is 52.6 Å². The van der Waals surface area contributed by atoms with Crippen molar-refractivity contribution >= 4 is 5.96 Å². The van der Waals surface area contributed by atoms with E-state index >= 15 is 0 Å². The maximum absolute atomic E-state index is 4.31. The number of pyridine rings is 1. The fourth-order valence-corrected chi connectivity index (χ4v) is 3.15. The monoisotopic (exact) mass is 337 g/mol. The number of aliphatic imine (C=N–C) groups is 1. The van der Waals surface area contributed by atoms with Crippen LogP contribution in [0.4, 0.5) is 0 Å². The summed E-state index contributed by atoms with van der Waals surface area (Å²) in [6.45, 7) is 4.94. The molecule has 1 aliphatic heterocycles. The molecule has 0 bridgehead atoms. The van der Waals surface area contributed by atoms with Gasteiger partial charge in [-0.15, -0.1) is 0 Å². The summed E-state index contributed by atoms with van der Waals surface area (Å²) in [5.74, 6) is 0.828. The molecular formula is C20H27N5. The lowest BCUT2D eigenvalue weighted by atomic mass is 10.00. The highest BCUT2D eigenvalue weighted by atomic mass is 15.2. The third-order valence-corrected chi connectivity index (χ3v) is 4.54. The predicted octanol–water partition coefficient (Wildman–Crippen LogP) is 2.19. The Labute approximate surface area is 150 Å². The Balaban J connectivity index is 1.35. The lowest BCUT2D eigenvalue weighted by Gasteiger charge is -2.28. The molecule has 132 valence electrons. The molecule has 0 unspecified atom stereocenters. The van der Waals surface area contributed by atoms with Crippen LogP contribution in [-0.4, -0.2) is 42.5 Å². The van der Waals surface area contributed by atoms with Crippen LogP contribution in [0.1, 0.15) is 23.2 Å². The van der Waals surface area contributed by atoms with Crippen molar-refractivity contribution in [3.63, 3.8) is 0 Å². The van der Waals surface area contributed by atoms with Gasteiger partial charge in [0.1, 0.15) is 0 Å². The Morgan fingerprint density at radius 2 is 1.96 bits per heavy atom. The van der Waals surface area contributed by atoms with Gasteiger partial charge in [-0.05, 0) is 36.1 Å². The minimum absolute atomic E-state index is 0.684. The van der Waals surface area contributed by atoms with Crippen LogP contribution in [0.5, 0.6) is 0 Å². The van der Waals surface area contributed by atoms with Gasteiger partial charge < -0.3 is 10.6 Å². The number of hydrogen-bond donors (Lipinski definition) is 2. The smallest absolute Gasteiger partial charge is 0.191 e. The van der Waals surface area contributed by atoms with Crippen molar-refractivity contribution in [3.05, 3.63) is 65.5 Å². The largest absolute Gasteiger partial charge is 0.356 e. The molecule has 5 heteroatoms. The van der Waals surface area contributed by atoms with Gasteiger partial charge in [0, 0.05) is 39.4 Å². The second-order valence-electron chi connectivity index (χ2n) is 6.32. The molecular weight excluding hydrogens is 310 g/mol. The van der Waals surface area contributed by atoms with Crippen LogP contribution in [-0.2, 0) is 19.5 Å². The third-order valence-electron chi connectivity index (χ3n) is 4.54. The molecule has 25 heavy (non-hydrogen) atoms. The van der Waals surface area contributed by atoms with Crippen molar-refractivity contribution in [1.29, 1.82) is 0 Å². The highest BCUT2D eigenvalue weighted by molar-refractivity contribution is 5.79. The van der Waals surface area contributed by atoms with Crippen LogP contribution in [0.3, 0.4) is 0 Å². The average molecular weight is 337 g/mol. The van der Waals surface area contributed by atoms with Crippen LogP contribution in [0.2, 0.25) is 0 Å². The first kappa shape index (κ1) is 17.4. The van der Waals surface area contributed by atoms with Gasteiger partial charge >= 0.3 is 0 Å². The molecule has 5 nitrogen and oxygen atoms in total. The Kier molecular flexibility index (Phi) is 6.40. The molecule has 1 aliphatic rings. The van der Waals surface area contributed by atoms with Crippen molar-refractivity contribution in [2.45, 2.75) is 25.9 Å². The Morgan fingerprint density at radius 1 is 1.12 bits per heavy atom. The van der Waals surface area contributed by atoms with Gasteiger partial charge in [-0.3, -0.25) is 14.9 Å². The Bertz CT molecular complexity index is 683. The van der Waals surface area contributed by atoms with Crippen LogP contribution in [0, 0.1) is 0 Å². The first-order chi connectivity index (χ1) is 12.3. The molecule has 0 atom stereocenters. The number of benzene rings is 1. The first-order valence-corrected chi connectivity index (χ1v) is 8.99.